The zero-order valence-corrected chi connectivity index (χ0v) is 15.8. The Balaban J connectivity index is 1.55. The molecule has 6 nitrogen and oxygen atoms in total. The number of likely N-dealkylation sites (tertiary alicyclic amines) is 1. The van der Waals surface area contributed by atoms with Gasteiger partial charge in [0.2, 0.25) is 0 Å². The summed E-state index contributed by atoms with van der Waals surface area (Å²) >= 11 is 0. The molecule has 1 N–H and O–H groups in total. The predicted molar refractivity (Wildman–Crippen MR) is 102 cm³/mol. The zero-order valence-electron chi connectivity index (χ0n) is 15.8. The molecule has 2 heterocycles. The van der Waals surface area contributed by atoms with E-state index >= 15 is 0 Å². The van der Waals surface area contributed by atoms with Crippen molar-refractivity contribution < 1.29 is 14.3 Å². The number of ether oxygens (including phenoxy) is 1. The second-order valence-corrected chi connectivity index (χ2v) is 7.35. The highest BCUT2D eigenvalue weighted by Gasteiger charge is 2.22. The van der Waals surface area contributed by atoms with Crippen LogP contribution in [-0.4, -0.2) is 67.4 Å². The Hall–Kier alpha value is -1.89. The lowest BCUT2D eigenvalue weighted by atomic mass is 10.0. The summed E-state index contributed by atoms with van der Waals surface area (Å²) in [6.45, 7) is 4.86. The normalized spacial score (nSPS) is 17.7. The first-order chi connectivity index (χ1) is 12.4. The van der Waals surface area contributed by atoms with Gasteiger partial charge in [0.1, 0.15) is 24.0 Å². The van der Waals surface area contributed by atoms with Crippen molar-refractivity contribution in [2.24, 2.45) is 0 Å². The number of aryl methyl sites for hydroxylation is 1. The summed E-state index contributed by atoms with van der Waals surface area (Å²) in [7, 11) is 4.21. The Morgan fingerprint density at radius 3 is 2.81 bits per heavy atom. The second kappa shape index (κ2) is 8.20. The van der Waals surface area contributed by atoms with Crippen molar-refractivity contribution in [3.8, 4) is 5.75 Å². The molecule has 0 saturated carbocycles. The second-order valence-electron chi connectivity index (χ2n) is 7.35. The maximum Gasteiger partial charge on any atom is 0.336 e. The number of hydrogen-bond acceptors (Lipinski definition) is 6. The van der Waals surface area contributed by atoms with E-state index < -0.39 is 6.10 Å². The van der Waals surface area contributed by atoms with E-state index in [1.54, 1.807) is 6.07 Å². The Morgan fingerprint density at radius 1 is 1.35 bits per heavy atom. The molecule has 3 rings (SSSR count). The first-order valence-electron chi connectivity index (χ1n) is 9.16. The quantitative estimate of drug-likeness (QED) is 0.794. The third-order valence-corrected chi connectivity index (χ3v) is 5.18. The highest BCUT2D eigenvalue weighted by Crippen LogP contribution is 2.22. The SMILES string of the molecule is Cc1cc(=O)oc2cc(OC[C@@H](O)CN(C)C3CCN(C)CC3)ccc12. The van der Waals surface area contributed by atoms with Crippen LogP contribution in [0.2, 0.25) is 0 Å². The van der Waals surface area contributed by atoms with Gasteiger partial charge in [-0.15, -0.1) is 0 Å². The van der Waals surface area contributed by atoms with Crippen LogP contribution in [0.4, 0.5) is 0 Å². The molecule has 142 valence electrons. The van der Waals surface area contributed by atoms with Crippen LogP contribution in [0.25, 0.3) is 11.0 Å². The molecule has 0 bridgehead atoms. The van der Waals surface area contributed by atoms with Crippen LogP contribution in [-0.2, 0) is 0 Å². The fourth-order valence-corrected chi connectivity index (χ4v) is 3.56. The zero-order chi connectivity index (χ0) is 18.7. The number of likely N-dealkylation sites (N-methyl/N-ethyl adjacent to an activating group) is 1. The molecule has 6 heteroatoms. The van der Waals surface area contributed by atoms with Crippen LogP contribution in [0, 0.1) is 6.92 Å². The van der Waals surface area contributed by atoms with E-state index in [4.69, 9.17) is 9.15 Å². The van der Waals surface area contributed by atoms with Gasteiger partial charge < -0.3 is 24.1 Å². The van der Waals surface area contributed by atoms with E-state index in [2.05, 4.69) is 23.9 Å². The maximum absolute atomic E-state index is 11.5. The third-order valence-electron chi connectivity index (χ3n) is 5.18. The van der Waals surface area contributed by atoms with Gasteiger partial charge in [-0.3, -0.25) is 0 Å². The molecule has 1 fully saturated rings. The lowest BCUT2D eigenvalue weighted by Gasteiger charge is -2.35. The summed E-state index contributed by atoms with van der Waals surface area (Å²) in [5.41, 5.74) is 1.01. The topological polar surface area (TPSA) is 66.2 Å². The minimum absolute atomic E-state index is 0.207. The summed E-state index contributed by atoms with van der Waals surface area (Å²) in [5, 5.41) is 11.2. The van der Waals surface area contributed by atoms with E-state index in [1.165, 1.54) is 6.07 Å². The fourth-order valence-electron chi connectivity index (χ4n) is 3.56. The monoisotopic (exact) mass is 360 g/mol. The summed E-state index contributed by atoms with van der Waals surface area (Å²) in [6, 6.07) is 7.41. The molecule has 0 spiro atoms. The first-order valence-corrected chi connectivity index (χ1v) is 9.16. The predicted octanol–water partition coefficient (Wildman–Crippen LogP) is 1.87. The number of aliphatic hydroxyl groups excluding tert-OH is 1. The van der Waals surface area contributed by atoms with Crippen molar-refractivity contribution in [3.63, 3.8) is 0 Å². The highest BCUT2D eigenvalue weighted by atomic mass is 16.5. The Morgan fingerprint density at radius 2 is 2.08 bits per heavy atom. The van der Waals surface area contributed by atoms with Crippen LogP contribution in [0.5, 0.6) is 5.75 Å². The van der Waals surface area contributed by atoms with E-state index in [1.807, 2.05) is 19.1 Å². The largest absolute Gasteiger partial charge is 0.491 e. The van der Waals surface area contributed by atoms with E-state index in [0.717, 1.165) is 36.9 Å². The molecule has 2 aromatic rings. The lowest BCUT2D eigenvalue weighted by Crippen LogP contribution is -2.45. The number of rotatable bonds is 6. The maximum atomic E-state index is 11.5. The van der Waals surface area contributed by atoms with E-state index in [0.29, 0.717) is 23.9 Å². The number of aliphatic hydroxyl groups is 1. The molecule has 26 heavy (non-hydrogen) atoms. The minimum Gasteiger partial charge on any atom is -0.491 e. The van der Waals surface area contributed by atoms with Gasteiger partial charge in [-0.25, -0.2) is 4.79 Å². The van der Waals surface area contributed by atoms with Gasteiger partial charge in [0.25, 0.3) is 0 Å². The molecule has 1 aromatic carbocycles. The highest BCUT2D eigenvalue weighted by molar-refractivity contribution is 5.81. The fraction of sp³-hybridized carbons (Fsp3) is 0.550. The molecule has 0 aliphatic carbocycles. The molecule has 0 amide bonds. The average Bonchev–Trinajstić information content (AvgIpc) is 2.60. The smallest absolute Gasteiger partial charge is 0.336 e. The van der Waals surface area contributed by atoms with Crippen molar-refractivity contribution in [1.82, 2.24) is 9.80 Å². The number of hydrogen-bond donors (Lipinski definition) is 1. The Kier molecular flexibility index (Phi) is 5.96. The molecule has 1 aromatic heterocycles. The lowest BCUT2D eigenvalue weighted by molar-refractivity contribution is 0.0498. The number of benzene rings is 1. The minimum atomic E-state index is -0.570. The molecule has 1 aliphatic heterocycles. The van der Waals surface area contributed by atoms with Gasteiger partial charge in [-0.1, -0.05) is 0 Å². The van der Waals surface area contributed by atoms with Crippen molar-refractivity contribution in [3.05, 3.63) is 40.2 Å². The summed E-state index contributed by atoms with van der Waals surface area (Å²) < 4.78 is 10.9. The van der Waals surface area contributed by atoms with Crippen LogP contribution >= 0.6 is 0 Å². The van der Waals surface area contributed by atoms with Crippen molar-refractivity contribution in [2.45, 2.75) is 31.9 Å². The van der Waals surface area contributed by atoms with Crippen LogP contribution in [0.1, 0.15) is 18.4 Å². The van der Waals surface area contributed by atoms with Gasteiger partial charge in [-0.2, -0.15) is 0 Å². The van der Waals surface area contributed by atoms with Gasteiger partial charge in [-0.05, 0) is 64.6 Å². The molecule has 0 radical (unpaired) electrons. The molecule has 1 aliphatic rings. The molecule has 0 unspecified atom stereocenters. The van der Waals surface area contributed by atoms with Gasteiger partial charge in [0.15, 0.2) is 0 Å². The van der Waals surface area contributed by atoms with Gasteiger partial charge in [0, 0.05) is 30.1 Å². The summed E-state index contributed by atoms with van der Waals surface area (Å²) in [5.74, 6) is 0.590. The van der Waals surface area contributed by atoms with Crippen molar-refractivity contribution in [1.29, 1.82) is 0 Å². The molecule has 1 saturated heterocycles. The Bertz CT molecular complexity index is 796. The van der Waals surface area contributed by atoms with Crippen molar-refractivity contribution in [2.75, 3.05) is 40.3 Å². The number of piperidine rings is 1. The van der Waals surface area contributed by atoms with Gasteiger partial charge >= 0.3 is 5.63 Å². The van der Waals surface area contributed by atoms with Crippen molar-refractivity contribution >= 4 is 11.0 Å². The van der Waals surface area contributed by atoms with E-state index in [9.17, 15) is 9.90 Å². The summed E-state index contributed by atoms with van der Waals surface area (Å²) in [6.07, 6.45) is 1.69. The summed E-state index contributed by atoms with van der Waals surface area (Å²) in [4.78, 5) is 16.1. The molecular weight excluding hydrogens is 332 g/mol. The molecule has 1 atom stereocenters. The third kappa shape index (κ3) is 4.63. The first kappa shape index (κ1) is 18.9. The van der Waals surface area contributed by atoms with Crippen LogP contribution in [0.15, 0.2) is 33.5 Å². The van der Waals surface area contributed by atoms with Gasteiger partial charge in [0.05, 0.1) is 0 Å². The molecular formula is C20H28N2O4. The van der Waals surface area contributed by atoms with E-state index in [-0.39, 0.29) is 12.2 Å². The average molecular weight is 360 g/mol. The number of fused-ring (bicyclic) bond motifs is 1. The number of nitrogens with zero attached hydrogens (tertiary/aromatic N) is 2. The Labute approximate surface area is 154 Å². The van der Waals surface area contributed by atoms with Crippen LogP contribution in [0.3, 0.4) is 0 Å². The van der Waals surface area contributed by atoms with Crippen LogP contribution < -0.4 is 10.4 Å². The standard InChI is InChI=1S/C20H28N2O4/c1-14-10-20(24)26-19-11-17(4-5-18(14)19)25-13-16(23)12-22(3)15-6-8-21(2)9-7-15/h4-5,10-11,15-16,23H,6-9,12-13H2,1-3H3/t16-/m0/s1.